The van der Waals surface area contributed by atoms with Gasteiger partial charge in [0.25, 0.3) is 0 Å². The van der Waals surface area contributed by atoms with Crippen LogP contribution in [0.1, 0.15) is 219 Å². The number of hydrogen-bond donors (Lipinski definition) is 3. The van der Waals surface area contributed by atoms with E-state index in [-0.39, 0.29) is 13.0 Å². The molecule has 3 unspecified atom stereocenters. The van der Waals surface area contributed by atoms with Gasteiger partial charge in [-0.2, -0.15) is 0 Å². The van der Waals surface area contributed by atoms with Crippen LogP contribution in [-0.4, -0.2) is 60.5 Å². The summed E-state index contributed by atoms with van der Waals surface area (Å²) in [5.41, 5.74) is 5.37. The quantitative estimate of drug-likeness (QED) is 0.0233. The molecule has 0 heterocycles. The number of carbonyl (C=O) groups is 2. The predicted octanol–water partition coefficient (Wildman–Crippen LogP) is 14.8. The largest absolute Gasteiger partial charge is 0.480 e. The van der Waals surface area contributed by atoms with Gasteiger partial charge in [0.2, 0.25) is 0 Å². The van der Waals surface area contributed by atoms with Crippen molar-refractivity contribution in [1.29, 1.82) is 0 Å². The number of phosphoric ester groups is 1. The number of nitrogens with two attached hydrogens (primary N) is 1. The summed E-state index contributed by atoms with van der Waals surface area (Å²) in [5, 5.41) is 8.93. The Kier molecular flexibility index (Phi) is 45.9. The van der Waals surface area contributed by atoms with E-state index in [9.17, 15) is 19.0 Å². The van der Waals surface area contributed by atoms with Crippen molar-refractivity contribution in [3.05, 3.63) is 60.8 Å². The Balaban J connectivity index is 4.18. The molecular formula is C52H94NO9P. The summed E-state index contributed by atoms with van der Waals surface area (Å²) in [6, 6.07) is -1.48. The predicted molar refractivity (Wildman–Crippen MR) is 263 cm³/mol. The number of phosphoric acid groups is 1. The molecule has 0 aliphatic heterocycles. The van der Waals surface area contributed by atoms with Crippen molar-refractivity contribution in [1.82, 2.24) is 0 Å². The topological polar surface area (TPSA) is 155 Å². The molecule has 0 saturated carbocycles. The second kappa shape index (κ2) is 47.6. The molecule has 0 aliphatic carbocycles. The first-order valence-electron chi connectivity index (χ1n) is 25.3. The van der Waals surface area contributed by atoms with E-state index in [4.69, 9.17) is 29.4 Å². The van der Waals surface area contributed by atoms with Crippen LogP contribution < -0.4 is 5.73 Å². The average molecular weight is 908 g/mol. The number of unbranched alkanes of at least 4 members (excludes halogenated alkanes) is 24. The number of carbonyl (C=O) groups excluding carboxylic acids is 1. The molecule has 4 N–H and O–H groups in total. The van der Waals surface area contributed by atoms with Crippen LogP contribution in [-0.2, 0) is 32.7 Å². The Labute approximate surface area is 385 Å². The van der Waals surface area contributed by atoms with Gasteiger partial charge >= 0.3 is 19.8 Å². The molecule has 0 spiro atoms. The SMILES string of the molecule is CCCCC/C=C\C/C=C\CCCCCCCCCCOCC(COP(=O)(O)OCC(N)C(=O)O)OC(=O)CCCCCCCCCC/C=C\C/C=C\C/C=C\CCCCCCC. The van der Waals surface area contributed by atoms with Gasteiger partial charge < -0.3 is 25.2 Å². The van der Waals surface area contributed by atoms with Gasteiger partial charge in [0.05, 0.1) is 19.8 Å². The van der Waals surface area contributed by atoms with E-state index in [2.05, 4.69) is 74.6 Å². The van der Waals surface area contributed by atoms with Gasteiger partial charge in [0.1, 0.15) is 12.1 Å². The first-order valence-corrected chi connectivity index (χ1v) is 26.8. The Hall–Kier alpha value is -2.33. The number of aliphatic carboxylic acids is 1. The monoisotopic (exact) mass is 908 g/mol. The minimum Gasteiger partial charge on any atom is -0.480 e. The third-order valence-electron chi connectivity index (χ3n) is 10.8. The normalized spacial score (nSPS) is 14.2. The molecule has 11 heteroatoms. The van der Waals surface area contributed by atoms with Crippen LogP contribution in [0.3, 0.4) is 0 Å². The van der Waals surface area contributed by atoms with E-state index in [1.165, 1.54) is 122 Å². The summed E-state index contributed by atoms with van der Waals surface area (Å²) in [5.74, 6) is -1.79. The van der Waals surface area contributed by atoms with Crippen molar-refractivity contribution in [2.45, 2.75) is 231 Å². The number of hydrogen-bond acceptors (Lipinski definition) is 8. The van der Waals surface area contributed by atoms with Gasteiger partial charge in [-0.05, 0) is 83.5 Å². The molecule has 0 radical (unpaired) electrons. The fourth-order valence-electron chi connectivity index (χ4n) is 6.82. The van der Waals surface area contributed by atoms with Crippen molar-refractivity contribution in [2.24, 2.45) is 5.73 Å². The molecule has 3 atom stereocenters. The van der Waals surface area contributed by atoms with Crippen molar-refractivity contribution >= 4 is 19.8 Å². The number of carboxylic acid groups (broad SMARTS) is 1. The van der Waals surface area contributed by atoms with E-state index < -0.39 is 45.1 Å². The minimum absolute atomic E-state index is 0.00806. The van der Waals surface area contributed by atoms with Gasteiger partial charge in [0, 0.05) is 13.0 Å². The molecule has 0 amide bonds. The van der Waals surface area contributed by atoms with Crippen LogP contribution in [0, 0.1) is 0 Å². The summed E-state index contributed by atoms with van der Waals surface area (Å²) in [6.07, 6.45) is 58.4. The Morgan fingerprint density at radius 1 is 0.508 bits per heavy atom. The van der Waals surface area contributed by atoms with Crippen LogP contribution in [0.5, 0.6) is 0 Å². The number of carboxylic acids is 1. The number of rotatable bonds is 48. The third-order valence-corrected chi connectivity index (χ3v) is 11.7. The molecule has 0 rings (SSSR count). The molecule has 0 aliphatic rings. The van der Waals surface area contributed by atoms with E-state index in [1.54, 1.807) is 0 Å². The summed E-state index contributed by atoms with van der Waals surface area (Å²) in [7, 11) is -4.63. The molecule has 0 aromatic carbocycles. The lowest BCUT2D eigenvalue weighted by molar-refractivity contribution is -0.154. The standard InChI is InChI=1S/C52H94NO9P/c1-3-5-7-9-11-13-15-17-19-21-23-24-25-26-27-28-30-32-34-36-38-40-42-44-51(54)62-49(47-60-63(57,58)61-48-50(53)52(55)56)46-59-45-43-41-39-37-35-33-31-29-22-20-18-16-14-12-10-8-6-4-2/h12,14-15,17-18,20-21,23,25-26,49-50H,3-11,13,16,19,22,24,27-48,53H2,1-2H3,(H,55,56)(H,57,58)/b14-12-,17-15-,20-18-,23-21-,26-25-. The maximum Gasteiger partial charge on any atom is 0.472 e. The molecule has 0 bridgehead atoms. The minimum atomic E-state index is -4.63. The lowest BCUT2D eigenvalue weighted by Gasteiger charge is -2.20. The van der Waals surface area contributed by atoms with Crippen LogP contribution >= 0.6 is 7.82 Å². The van der Waals surface area contributed by atoms with Crippen LogP contribution in [0.2, 0.25) is 0 Å². The van der Waals surface area contributed by atoms with Gasteiger partial charge in [-0.25, -0.2) is 4.57 Å². The summed E-state index contributed by atoms with van der Waals surface area (Å²) in [4.78, 5) is 33.7. The van der Waals surface area contributed by atoms with Crippen molar-refractivity contribution < 1.29 is 42.7 Å². The van der Waals surface area contributed by atoms with Crippen molar-refractivity contribution in [3.63, 3.8) is 0 Å². The molecule has 366 valence electrons. The fourth-order valence-corrected chi connectivity index (χ4v) is 7.60. The highest BCUT2D eigenvalue weighted by molar-refractivity contribution is 7.47. The highest BCUT2D eigenvalue weighted by Crippen LogP contribution is 2.43. The number of allylic oxidation sites excluding steroid dienone is 10. The molecule has 63 heavy (non-hydrogen) atoms. The van der Waals surface area contributed by atoms with Crippen molar-refractivity contribution in [3.8, 4) is 0 Å². The first kappa shape index (κ1) is 60.7. The lowest BCUT2D eigenvalue weighted by atomic mass is 10.1. The number of esters is 1. The van der Waals surface area contributed by atoms with Crippen LogP contribution in [0.25, 0.3) is 0 Å². The first-order chi connectivity index (χ1) is 30.7. The van der Waals surface area contributed by atoms with Crippen LogP contribution in [0.4, 0.5) is 0 Å². The maximum atomic E-state index is 12.7. The highest BCUT2D eigenvalue weighted by Gasteiger charge is 2.27. The zero-order valence-corrected chi connectivity index (χ0v) is 41.1. The van der Waals surface area contributed by atoms with Crippen molar-refractivity contribution in [2.75, 3.05) is 26.4 Å². The van der Waals surface area contributed by atoms with Gasteiger partial charge in [-0.3, -0.25) is 18.6 Å². The molecule has 10 nitrogen and oxygen atoms in total. The Bertz CT molecular complexity index is 1230. The zero-order chi connectivity index (χ0) is 46.2. The van der Waals surface area contributed by atoms with Gasteiger partial charge in [-0.1, -0.05) is 190 Å². The van der Waals surface area contributed by atoms with E-state index in [0.29, 0.717) is 13.0 Å². The highest BCUT2D eigenvalue weighted by atomic mass is 31.2. The van der Waals surface area contributed by atoms with Gasteiger partial charge in [0.15, 0.2) is 0 Å². The van der Waals surface area contributed by atoms with Gasteiger partial charge in [-0.15, -0.1) is 0 Å². The third kappa shape index (κ3) is 47.5. The van der Waals surface area contributed by atoms with E-state index in [1.807, 2.05) is 0 Å². The molecule has 0 fully saturated rings. The summed E-state index contributed by atoms with van der Waals surface area (Å²) < 4.78 is 33.5. The Morgan fingerprint density at radius 2 is 0.873 bits per heavy atom. The Morgan fingerprint density at radius 3 is 1.33 bits per heavy atom. The fraction of sp³-hybridized carbons (Fsp3) is 0.769. The summed E-state index contributed by atoms with van der Waals surface area (Å²) >= 11 is 0. The smallest absolute Gasteiger partial charge is 0.472 e. The van der Waals surface area contributed by atoms with E-state index >= 15 is 0 Å². The molecule has 0 saturated heterocycles. The molecule has 0 aromatic rings. The zero-order valence-electron chi connectivity index (χ0n) is 40.2. The number of ether oxygens (including phenoxy) is 2. The maximum absolute atomic E-state index is 12.7. The van der Waals surface area contributed by atoms with Crippen LogP contribution in [0.15, 0.2) is 60.8 Å². The second-order valence-corrected chi connectivity index (χ2v) is 18.4. The van der Waals surface area contributed by atoms with E-state index in [0.717, 1.165) is 70.6 Å². The second-order valence-electron chi connectivity index (χ2n) is 16.9. The lowest BCUT2D eigenvalue weighted by Crippen LogP contribution is -2.34. The average Bonchev–Trinajstić information content (AvgIpc) is 3.26. The molecule has 0 aromatic heterocycles. The summed E-state index contributed by atoms with van der Waals surface area (Å²) in [6.45, 7) is 3.84. The molecular weight excluding hydrogens is 814 g/mol.